The van der Waals surface area contributed by atoms with Gasteiger partial charge in [-0.05, 0) is 18.4 Å². The third-order valence-electron chi connectivity index (χ3n) is 3.37. The van der Waals surface area contributed by atoms with E-state index in [2.05, 4.69) is 4.98 Å². The molecule has 2 aromatic rings. The second-order valence-electron chi connectivity index (χ2n) is 4.60. The minimum Gasteiger partial charge on any atom is -0.303 e. The molecule has 0 saturated carbocycles. The maximum Gasteiger partial charge on any atom is 0.326 e. The van der Waals surface area contributed by atoms with Gasteiger partial charge in [-0.25, -0.2) is 4.79 Å². The van der Waals surface area contributed by atoms with E-state index in [0.29, 0.717) is 18.7 Å². The number of Topliss-reactive ketones (excluding diaryl/α,β-unsaturated/α-hetero) is 1. The first kappa shape index (κ1) is 11.0. The van der Waals surface area contributed by atoms with Crippen molar-refractivity contribution in [3.63, 3.8) is 0 Å². The Morgan fingerprint density at radius 3 is 2.67 bits per heavy atom. The fourth-order valence-electron chi connectivity index (χ4n) is 2.47. The van der Waals surface area contributed by atoms with Crippen LogP contribution in [-0.4, -0.2) is 15.3 Å². The monoisotopic (exact) mass is 242 g/mol. The molecule has 0 radical (unpaired) electrons. The smallest absolute Gasteiger partial charge is 0.303 e. The zero-order valence-electron chi connectivity index (χ0n) is 9.98. The number of nitrogens with one attached hydrogen (secondary N) is 1. The molecular weight excluding hydrogens is 228 g/mol. The van der Waals surface area contributed by atoms with Gasteiger partial charge in [0, 0.05) is 6.42 Å². The van der Waals surface area contributed by atoms with Gasteiger partial charge in [-0.1, -0.05) is 30.3 Å². The van der Waals surface area contributed by atoms with Crippen molar-refractivity contribution in [1.29, 1.82) is 0 Å². The lowest BCUT2D eigenvalue weighted by atomic mass is 10.00. The minimum absolute atomic E-state index is 0.0557. The van der Waals surface area contributed by atoms with Crippen LogP contribution in [0.2, 0.25) is 0 Å². The maximum absolute atomic E-state index is 11.9. The molecule has 18 heavy (non-hydrogen) atoms. The van der Waals surface area contributed by atoms with E-state index in [9.17, 15) is 9.59 Å². The Kier molecular flexibility index (Phi) is 2.63. The van der Waals surface area contributed by atoms with Crippen LogP contribution < -0.4 is 5.69 Å². The number of ketones is 1. The first-order valence-electron chi connectivity index (χ1n) is 6.14. The van der Waals surface area contributed by atoms with Gasteiger partial charge >= 0.3 is 5.69 Å². The predicted octanol–water partition coefficient (Wildman–Crippen LogP) is 1.74. The number of carbonyl (C=O) groups excluding carboxylic acids is 1. The Morgan fingerprint density at radius 2 is 1.89 bits per heavy atom. The average molecular weight is 242 g/mol. The fourth-order valence-corrected chi connectivity index (χ4v) is 2.47. The third kappa shape index (κ3) is 1.79. The number of nitrogens with zero attached hydrogens (tertiary/aromatic N) is 1. The summed E-state index contributed by atoms with van der Waals surface area (Å²) in [4.78, 5) is 26.3. The fraction of sp³-hybridized carbons (Fsp3) is 0.286. The Morgan fingerprint density at radius 1 is 1.11 bits per heavy atom. The molecule has 1 heterocycles. The number of imidazole rings is 1. The average Bonchev–Trinajstić information content (AvgIpc) is 2.70. The van der Waals surface area contributed by atoms with Gasteiger partial charge in [0.05, 0.1) is 12.2 Å². The lowest BCUT2D eigenvalue weighted by Gasteiger charge is -2.12. The van der Waals surface area contributed by atoms with Crippen LogP contribution in [0.5, 0.6) is 0 Å². The van der Waals surface area contributed by atoms with Gasteiger partial charge in [-0.2, -0.15) is 0 Å². The molecule has 92 valence electrons. The van der Waals surface area contributed by atoms with E-state index in [0.717, 1.165) is 24.1 Å². The van der Waals surface area contributed by atoms with E-state index < -0.39 is 0 Å². The van der Waals surface area contributed by atoms with Crippen LogP contribution in [0.25, 0.3) is 0 Å². The van der Waals surface area contributed by atoms with Gasteiger partial charge in [0.15, 0.2) is 5.78 Å². The number of aromatic amines is 1. The summed E-state index contributed by atoms with van der Waals surface area (Å²) in [6.07, 6.45) is 2.17. The molecule has 1 aliphatic carbocycles. The van der Waals surface area contributed by atoms with Crippen LogP contribution in [0, 0.1) is 0 Å². The van der Waals surface area contributed by atoms with Crippen molar-refractivity contribution >= 4 is 5.78 Å². The molecule has 0 fully saturated rings. The van der Waals surface area contributed by atoms with Crippen LogP contribution in [0.4, 0.5) is 0 Å². The molecule has 0 amide bonds. The van der Waals surface area contributed by atoms with E-state index in [1.165, 1.54) is 0 Å². The molecule has 4 nitrogen and oxygen atoms in total. The molecule has 1 aromatic heterocycles. The van der Waals surface area contributed by atoms with Gasteiger partial charge in [0.2, 0.25) is 0 Å². The highest BCUT2D eigenvalue weighted by molar-refractivity contribution is 5.96. The molecule has 0 bridgehead atoms. The second kappa shape index (κ2) is 4.29. The van der Waals surface area contributed by atoms with E-state index >= 15 is 0 Å². The summed E-state index contributed by atoms with van der Waals surface area (Å²) >= 11 is 0. The molecule has 3 rings (SSSR count). The highest BCUT2D eigenvalue weighted by Crippen LogP contribution is 2.18. The number of aromatic nitrogens is 2. The maximum atomic E-state index is 11.9. The standard InChI is InChI=1S/C14H14N2O2/c17-12-8-4-7-11-13(12)15-14(18)16(11)9-10-5-2-1-3-6-10/h1-3,5-6H,4,7-9H2,(H,15,18). The van der Waals surface area contributed by atoms with Crippen molar-refractivity contribution in [2.24, 2.45) is 0 Å². The van der Waals surface area contributed by atoms with Crippen LogP contribution in [0.3, 0.4) is 0 Å². The topological polar surface area (TPSA) is 54.9 Å². The molecular formula is C14H14N2O2. The summed E-state index contributed by atoms with van der Waals surface area (Å²) < 4.78 is 1.68. The molecule has 0 unspecified atom stereocenters. The molecule has 0 aliphatic heterocycles. The number of hydrogen-bond acceptors (Lipinski definition) is 2. The number of fused-ring (bicyclic) bond motifs is 1. The zero-order valence-corrected chi connectivity index (χ0v) is 9.98. The summed E-state index contributed by atoms with van der Waals surface area (Å²) in [5.41, 5.74) is 2.26. The van der Waals surface area contributed by atoms with Crippen molar-refractivity contribution in [3.8, 4) is 0 Å². The van der Waals surface area contributed by atoms with Crippen molar-refractivity contribution in [2.75, 3.05) is 0 Å². The molecule has 1 N–H and O–H groups in total. The van der Waals surface area contributed by atoms with Crippen LogP contribution in [0.15, 0.2) is 35.1 Å². The predicted molar refractivity (Wildman–Crippen MR) is 67.9 cm³/mol. The second-order valence-corrected chi connectivity index (χ2v) is 4.60. The SMILES string of the molecule is O=C1CCCc2c1[nH]c(=O)n2Cc1ccccc1. The van der Waals surface area contributed by atoms with Crippen molar-refractivity contribution in [2.45, 2.75) is 25.8 Å². The van der Waals surface area contributed by atoms with E-state index in [-0.39, 0.29) is 11.5 Å². The zero-order chi connectivity index (χ0) is 12.5. The molecule has 1 aliphatic rings. The van der Waals surface area contributed by atoms with E-state index in [1.54, 1.807) is 4.57 Å². The normalized spacial score (nSPS) is 14.6. The Hall–Kier alpha value is -2.10. The molecule has 0 spiro atoms. The lowest BCUT2D eigenvalue weighted by molar-refractivity contribution is 0.0967. The number of carbonyl (C=O) groups is 1. The Labute approximate surface area is 104 Å². The Balaban J connectivity index is 2.03. The first-order valence-corrected chi connectivity index (χ1v) is 6.14. The number of rotatable bonds is 2. The number of benzene rings is 1. The summed E-state index contributed by atoms with van der Waals surface area (Å²) in [6, 6.07) is 9.81. The number of hydrogen-bond donors (Lipinski definition) is 1. The van der Waals surface area contributed by atoms with Gasteiger partial charge in [0.1, 0.15) is 5.69 Å². The lowest BCUT2D eigenvalue weighted by Crippen LogP contribution is -2.20. The highest BCUT2D eigenvalue weighted by Gasteiger charge is 2.23. The number of H-pyrrole nitrogens is 1. The molecule has 0 atom stereocenters. The van der Waals surface area contributed by atoms with Crippen molar-refractivity contribution in [3.05, 3.63) is 57.8 Å². The van der Waals surface area contributed by atoms with E-state index in [4.69, 9.17) is 0 Å². The van der Waals surface area contributed by atoms with Gasteiger partial charge < -0.3 is 4.98 Å². The van der Waals surface area contributed by atoms with E-state index in [1.807, 2.05) is 30.3 Å². The van der Waals surface area contributed by atoms with Crippen molar-refractivity contribution in [1.82, 2.24) is 9.55 Å². The molecule has 4 heteroatoms. The largest absolute Gasteiger partial charge is 0.326 e. The Bertz CT molecular complexity index is 638. The van der Waals surface area contributed by atoms with Gasteiger partial charge in [0.25, 0.3) is 0 Å². The minimum atomic E-state index is -0.181. The summed E-state index contributed by atoms with van der Waals surface area (Å²) in [5, 5.41) is 0. The van der Waals surface area contributed by atoms with Crippen LogP contribution in [-0.2, 0) is 13.0 Å². The summed E-state index contributed by atoms with van der Waals surface area (Å²) in [6.45, 7) is 0.527. The van der Waals surface area contributed by atoms with Gasteiger partial charge in [-0.3, -0.25) is 9.36 Å². The van der Waals surface area contributed by atoms with Crippen LogP contribution >= 0.6 is 0 Å². The van der Waals surface area contributed by atoms with Gasteiger partial charge in [-0.15, -0.1) is 0 Å². The highest BCUT2D eigenvalue weighted by atomic mass is 16.2. The first-order chi connectivity index (χ1) is 8.75. The summed E-state index contributed by atoms with van der Waals surface area (Å²) in [7, 11) is 0. The van der Waals surface area contributed by atoms with Crippen molar-refractivity contribution < 1.29 is 4.79 Å². The molecule has 0 saturated heterocycles. The summed E-state index contributed by atoms with van der Waals surface area (Å²) in [5.74, 6) is 0.0557. The van der Waals surface area contributed by atoms with Crippen LogP contribution in [0.1, 0.15) is 34.6 Å². The third-order valence-corrected chi connectivity index (χ3v) is 3.37. The molecule has 1 aromatic carbocycles. The quantitative estimate of drug-likeness (QED) is 0.872.